The second-order valence-corrected chi connectivity index (χ2v) is 8.95. The van der Waals surface area contributed by atoms with Crippen molar-refractivity contribution in [3.05, 3.63) is 87.2 Å². The Balaban J connectivity index is 1.37. The lowest BCUT2D eigenvalue weighted by molar-refractivity contribution is -0.123. The molecule has 0 radical (unpaired) electrons. The molecule has 7 nitrogen and oxygen atoms in total. The van der Waals surface area contributed by atoms with Crippen LogP contribution in [0.5, 0.6) is 17.2 Å². The van der Waals surface area contributed by atoms with E-state index in [0.29, 0.717) is 32.0 Å². The molecule has 178 valence electrons. The first-order valence-corrected chi connectivity index (χ1v) is 11.8. The van der Waals surface area contributed by atoms with Crippen LogP contribution in [0.3, 0.4) is 0 Å². The molecular formula is C25H18Cl2N2O5S. The maximum atomic E-state index is 12.7. The monoisotopic (exact) mass is 528 g/mol. The van der Waals surface area contributed by atoms with Gasteiger partial charge in [-0.15, -0.1) is 11.3 Å². The van der Waals surface area contributed by atoms with Crippen molar-refractivity contribution in [2.75, 3.05) is 13.7 Å². The number of hydrogen-bond donors (Lipinski definition) is 1. The van der Waals surface area contributed by atoms with Crippen LogP contribution in [0.15, 0.2) is 71.8 Å². The number of amides is 1. The first-order valence-electron chi connectivity index (χ1n) is 10.2. The van der Waals surface area contributed by atoms with E-state index in [1.807, 2.05) is 24.3 Å². The number of nitrogens with one attached hydrogen (secondary N) is 1. The molecule has 0 bridgehead atoms. The summed E-state index contributed by atoms with van der Waals surface area (Å²) in [5.41, 5.74) is 2.98. The molecule has 0 saturated heterocycles. The Labute approximate surface area is 214 Å². The minimum atomic E-state index is -0.581. The van der Waals surface area contributed by atoms with Crippen molar-refractivity contribution in [3.8, 4) is 17.2 Å². The maximum Gasteiger partial charge on any atom is 0.355 e. The van der Waals surface area contributed by atoms with E-state index in [2.05, 4.69) is 10.5 Å². The van der Waals surface area contributed by atoms with E-state index in [0.717, 1.165) is 10.1 Å². The molecule has 4 aromatic rings. The Morgan fingerprint density at radius 2 is 1.86 bits per heavy atom. The molecule has 1 amide bonds. The summed E-state index contributed by atoms with van der Waals surface area (Å²) < 4.78 is 17.1. The first-order chi connectivity index (χ1) is 16.9. The molecular weight excluding hydrogens is 511 g/mol. The van der Waals surface area contributed by atoms with Crippen molar-refractivity contribution in [1.82, 2.24) is 5.43 Å². The molecule has 0 saturated carbocycles. The van der Waals surface area contributed by atoms with Crippen LogP contribution in [-0.4, -0.2) is 31.8 Å². The van der Waals surface area contributed by atoms with Crippen LogP contribution in [-0.2, 0) is 4.79 Å². The van der Waals surface area contributed by atoms with Gasteiger partial charge in [0.25, 0.3) is 5.91 Å². The fourth-order valence-corrected chi connectivity index (χ4v) is 4.62. The largest absolute Gasteiger partial charge is 0.493 e. The molecule has 0 unspecified atom stereocenters. The van der Waals surface area contributed by atoms with Gasteiger partial charge in [-0.1, -0.05) is 47.5 Å². The highest BCUT2D eigenvalue weighted by atomic mass is 35.5. The molecule has 0 atom stereocenters. The highest BCUT2D eigenvalue weighted by Crippen LogP contribution is 2.37. The van der Waals surface area contributed by atoms with E-state index in [1.54, 1.807) is 42.5 Å². The summed E-state index contributed by atoms with van der Waals surface area (Å²) in [6.07, 6.45) is 1.42. The van der Waals surface area contributed by atoms with Crippen molar-refractivity contribution in [3.63, 3.8) is 0 Å². The summed E-state index contributed by atoms with van der Waals surface area (Å²) in [5.74, 6) is -0.0115. The minimum Gasteiger partial charge on any atom is -0.493 e. The smallest absolute Gasteiger partial charge is 0.355 e. The summed E-state index contributed by atoms with van der Waals surface area (Å²) in [7, 11) is 1.45. The lowest BCUT2D eigenvalue weighted by Crippen LogP contribution is -2.24. The Bertz CT molecular complexity index is 1420. The minimum absolute atomic E-state index is 0.224. The van der Waals surface area contributed by atoms with Gasteiger partial charge in [0.2, 0.25) is 0 Å². The van der Waals surface area contributed by atoms with Crippen LogP contribution in [0.4, 0.5) is 0 Å². The number of ether oxygens (including phenoxy) is 3. The molecule has 0 aliphatic carbocycles. The van der Waals surface area contributed by atoms with Gasteiger partial charge < -0.3 is 14.2 Å². The fourth-order valence-electron chi connectivity index (χ4n) is 3.06. The zero-order valence-corrected chi connectivity index (χ0v) is 20.6. The van der Waals surface area contributed by atoms with Crippen LogP contribution in [0.1, 0.15) is 15.2 Å². The fraction of sp³-hybridized carbons (Fsp3) is 0.0800. The van der Waals surface area contributed by atoms with E-state index in [9.17, 15) is 9.59 Å². The number of halogens is 2. The number of hydrazone groups is 1. The third kappa shape index (κ3) is 6.10. The number of thiophene rings is 1. The molecule has 0 aliphatic rings. The number of fused-ring (bicyclic) bond motifs is 1. The van der Waals surface area contributed by atoms with Gasteiger partial charge in [-0.2, -0.15) is 5.10 Å². The molecule has 1 aromatic heterocycles. The number of carbonyl (C=O) groups excluding carboxylic acids is 2. The molecule has 10 heteroatoms. The van der Waals surface area contributed by atoms with Gasteiger partial charge in [0, 0.05) is 15.1 Å². The van der Waals surface area contributed by atoms with Crippen molar-refractivity contribution in [1.29, 1.82) is 0 Å². The lowest BCUT2D eigenvalue weighted by Gasteiger charge is -2.09. The molecule has 1 heterocycles. The normalized spacial score (nSPS) is 10.9. The van der Waals surface area contributed by atoms with Crippen molar-refractivity contribution < 1.29 is 23.8 Å². The molecule has 3 aromatic carbocycles. The third-order valence-electron chi connectivity index (χ3n) is 4.68. The quantitative estimate of drug-likeness (QED) is 0.132. The number of rotatable bonds is 8. The standard InChI is InChI=1S/C25H18Cl2N2O5S/c1-32-20-11-15(13-28-29-22(30)14-33-17-6-4-5-16(26)12-17)9-10-19(20)34-25(31)24-23(27)18-7-2-3-8-21(18)35-24/h2-13H,14H2,1H3,(H,29,30)/b28-13-. The average molecular weight is 529 g/mol. The van der Waals surface area contributed by atoms with E-state index in [4.69, 9.17) is 37.4 Å². The Morgan fingerprint density at radius 3 is 2.63 bits per heavy atom. The van der Waals surface area contributed by atoms with Gasteiger partial charge in [-0.25, -0.2) is 10.2 Å². The molecule has 1 N–H and O–H groups in total. The second kappa shape index (κ2) is 11.2. The van der Waals surface area contributed by atoms with Crippen LogP contribution in [0.2, 0.25) is 10.0 Å². The number of esters is 1. The van der Waals surface area contributed by atoms with Gasteiger partial charge >= 0.3 is 5.97 Å². The number of nitrogens with zero attached hydrogens (tertiary/aromatic N) is 1. The van der Waals surface area contributed by atoms with E-state index in [1.165, 1.54) is 24.7 Å². The van der Waals surface area contributed by atoms with Crippen molar-refractivity contribution in [2.24, 2.45) is 5.10 Å². The second-order valence-electron chi connectivity index (χ2n) is 7.08. The average Bonchev–Trinajstić information content (AvgIpc) is 3.20. The summed E-state index contributed by atoms with van der Waals surface area (Å²) in [5, 5.41) is 5.57. The first kappa shape index (κ1) is 24.5. The van der Waals surface area contributed by atoms with Gasteiger partial charge in [0.15, 0.2) is 18.1 Å². The molecule has 4 rings (SSSR count). The molecule has 0 fully saturated rings. The van der Waals surface area contributed by atoms with Crippen LogP contribution >= 0.6 is 34.5 Å². The molecule has 0 spiro atoms. The van der Waals surface area contributed by atoms with Crippen molar-refractivity contribution >= 4 is 62.7 Å². The lowest BCUT2D eigenvalue weighted by atomic mass is 10.2. The van der Waals surface area contributed by atoms with Gasteiger partial charge in [-0.05, 0) is 48.0 Å². The van der Waals surface area contributed by atoms with Gasteiger partial charge in [0.05, 0.1) is 18.3 Å². The topological polar surface area (TPSA) is 86.2 Å². The van der Waals surface area contributed by atoms with Gasteiger partial charge in [-0.3, -0.25) is 4.79 Å². The van der Waals surface area contributed by atoms with Crippen molar-refractivity contribution in [2.45, 2.75) is 0 Å². The predicted molar refractivity (Wildman–Crippen MR) is 137 cm³/mol. The van der Waals surface area contributed by atoms with E-state index in [-0.39, 0.29) is 12.4 Å². The third-order valence-corrected chi connectivity index (χ3v) is 6.57. The molecule has 35 heavy (non-hydrogen) atoms. The number of carbonyl (C=O) groups is 2. The zero-order chi connectivity index (χ0) is 24.8. The highest BCUT2D eigenvalue weighted by molar-refractivity contribution is 7.21. The summed E-state index contributed by atoms with van der Waals surface area (Å²) >= 11 is 13.5. The Kier molecular flexibility index (Phi) is 7.87. The van der Waals surface area contributed by atoms with Gasteiger partial charge in [0.1, 0.15) is 10.6 Å². The maximum absolute atomic E-state index is 12.7. The van der Waals surface area contributed by atoms with Crippen LogP contribution < -0.4 is 19.6 Å². The number of hydrogen-bond acceptors (Lipinski definition) is 7. The van der Waals surface area contributed by atoms with E-state index < -0.39 is 11.9 Å². The number of benzene rings is 3. The highest BCUT2D eigenvalue weighted by Gasteiger charge is 2.20. The number of methoxy groups -OCH3 is 1. The summed E-state index contributed by atoms with van der Waals surface area (Å²) in [4.78, 5) is 25.0. The Morgan fingerprint density at radius 1 is 1.03 bits per heavy atom. The molecule has 0 aliphatic heterocycles. The SMILES string of the molecule is COc1cc(/C=N\NC(=O)COc2cccc(Cl)c2)ccc1OC(=O)c1sc2ccccc2c1Cl. The van der Waals surface area contributed by atoms with E-state index >= 15 is 0 Å². The predicted octanol–water partition coefficient (Wildman–Crippen LogP) is 5.97. The zero-order valence-electron chi connectivity index (χ0n) is 18.3. The Hall–Kier alpha value is -3.59. The summed E-state index contributed by atoms with van der Waals surface area (Å²) in [6, 6.07) is 19.0. The van der Waals surface area contributed by atoms with Crippen LogP contribution in [0.25, 0.3) is 10.1 Å². The van der Waals surface area contributed by atoms with Crippen LogP contribution in [0, 0.1) is 0 Å². The summed E-state index contributed by atoms with van der Waals surface area (Å²) in [6.45, 7) is -0.226.